The molecule has 17 heavy (non-hydrogen) atoms. The predicted octanol–water partition coefficient (Wildman–Crippen LogP) is 1.83. The molecule has 2 aliphatic rings. The van der Waals surface area contributed by atoms with E-state index in [-0.39, 0.29) is 6.04 Å². The highest BCUT2D eigenvalue weighted by Gasteiger charge is 2.34. The molecule has 3 heterocycles. The van der Waals surface area contributed by atoms with Crippen LogP contribution in [-0.2, 0) is 0 Å². The molecule has 3 rings (SSSR count). The molecule has 1 N–H and O–H groups in total. The van der Waals surface area contributed by atoms with E-state index in [1.807, 2.05) is 30.9 Å². The Kier molecular flexibility index (Phi) is 2.33. The number of nitrogens with zero attached hydrogens (tertiary/aromatic N) is 4. The summed E-state index contributed by atoms with van der Waals surface area (Å²) in [5.41, 5.74) is 1.16. The third-order valence-corrected chi connectivity index (χ3v) is 2.99. The van der Waals surface area contributed by atoms with Crippen molar-refractivity contribution in [3.05, 3.63) is 42.1 Å². The van der Waals surface area contributed by atoms with Gasteiger partial charge in [0.15, 0.2) is 0 Å². The van der Waals surface area contributed by atoms with Crippen LogP contribution in [0.2, 0.25) is 0 Å². The van der Waals surface area contributed by atoms with Gasteiger partial charge in [0.2, 0.25) is 0 Å². The van der Waals surface area contributed by atoms with Crippen molar-refractivity contribution in [3.8, 4) is 0 Å². The number of allylic oxidation sites excluding steroid dienone is 1. The molecule has 0 amide bonds. The number of aliphatic imine (C=N–C) groups is 1. The van der Waals surface area contributed by atoms with Crippen LogP contribution in [0.5, 0.6) is 0 Å². The Morgan fingerprint density at radius 1 is 1.41 bits per heavy atom. The van der Waals surface area contributed by atoms with Crippen LogP contribution in [0.15, 0.2) is 41.6 Å². The van der Waals surface area contributed by atoms with Crippen molar-refractivity contribution in [1.82, 2.24) is 20.2 Å². The van der Waals surface area contributed by atoms with E-state index in [9.17, 15) is 0 Å². The van der Waals surface area contributed by atoms with E-state index in [1.165, 1.54) is 0 Å². The lowest BCUT2D eigenvalue weighted by molar-refractivity contribution is 0.0147. The second-order valence-corrected chi connectivity index (χ2v) is 4.44. The highest BCUT2D eigenvalue weighted by molar-refractivity contribution is 5.73. The Hall–Kier alpha value is -1.88. The number of H-pyrrole nitrogens is 1. The first-order valence-corrected chi connectivity index (χ1v) is 5.76. The number of aromatic amines is 1. The van der Waals surface area contributed by atoms with Gasteiger partial charge in [-0.2, -0.15) is 5.10 Å². The third-order valence-electron chi connectivity index (χ3n) is 2.99. The van der Waals surface area contributed by atoms with Gasteiger partial charge in [0.1, 0.15) is 5.82 Å². The van der Waals surface area contributed by atoms with E-state index in [4.69, 9.17) is 0 Å². The summed E-state index contributed by atoms with van der Waals surface area (Å²) in [7, 11) is 0. The van der Waals surface area contributed by atoms with Crippen molar-refractivity contribution in [2.75, 3.05) is 0 Å². The first-order valence-electron chi connectivity index (χ1n) is 5.76. The Labute approximate surface area is 100 Å². The van der Waals surface area contributed by atoms with E-state index in [0.29, 0.717) is 6.04 Å². The van der Waals surface area contributed by atoms with Crippen molar-refractivity contribution >= 4 is 6.21 Å². The Balaban J connectivity index is 2.00. The standard InChI is InChI=1S/C12H15N5/c1-9(2)17-11(10-7-14-15-8-10)6-12-13-4-3-5-16(12)17/h3-9,11H,1-2H3,(H,14,15). The summed E-state index contributed by atoms with van der Waals surface area (Å²) < 4.78 is 0. The first-order chi connectivity index (χ1) is 8.27. The van der Waals surface area contributed by atoms with Crippen LogP contribution < -0.4 is 0 Å². The molecule has 0 aromatic carbocycles. The molecule has 0 saturated heterocycles. The first kappa shape index (κ1) is 10.3. The van der Waals surface area contributed by atoms with E-state index in [0.717, 1.165) is 11.4 Å². The number of rotatable bonds is 2. The fourth-order valence-electron chi connectivity index (χ4n) is 2.28. The summed E-state index contributed by atoms with van der Waals surface area (Å²) >= 11 is 0. The van der Waals surface area contributed by atoms with Gasteiger partial charge in [-0.3, -0.25) is 10.1 Å². The van der Waals surface area contributed by atoms with Gasteiger partial charge < -0.3 is 0 Å². The Morgan fingerprint density at radius 3 is 3.00 bits per heavy atom. The molecular formula is C12H15N5. The van der Waals surface area contributed by atoms with Crippen LogP contribution >= 0.6 is 0 Å². The fourth-order valence-corrected chi connectivity index (χ4v) is 2.28. The minimum Gasteiger partial charge on any atom is -0.285 e. The number of fused-ring (bicyclic) bond motifs is 1. The van der Waals surface area contributed by atoms with Crippen LogP contribution in [0.4, 0.5) is 0 Å². The molecule has 1 aromatic rings. The van der Waals surface area contributed by atoms with Crippen molar-refractivity contribution in [1.29, 1.82) is 0 Å². The summed E-state index contributed by atoms with van der Waals surface area (Å²) in [5, 5.41) is 11.3. The molecule has 0 aliphatic carbocycles. The summed E-state index contributed by atoms with van der Waals surface area (Å²) in [5.74, 6) is 0.979. The molecule has 0 radical (unpaired) electrons. The van der Waals surface area contributed by atoms with E-state index in [1.54, 1.807) is 0 Å². The molecule has 0 fully saturated rings. The smallest absolute Gasteiger partial charge is 0.145 e. The quantitative estimate of drug-likeness (QED) is 0.841. The minimum atomic E-state index is 0.198. The average molecular weight is 229 g/mol. The minimum absolute atomic E-state index is 0.198. The van der Waals surface area contributed by atoms with Gasteiger partial charge in [-0.25, -0.2) is 10.0 Å². The molecule has 0 spiro atoms. The summed E-state index contributed by atoms with van der Waals surface area (Å²) in [4.78, 5) is 4.39. The lowest BCUT2D eigenvalue weighted by atomic mass is 10.1. The number of aromatic nitrogens is 2. The van der Waals surface area contributed by atoms with Gasteiger partial charge in [0.25, 0.3) is 0 Å². The van der Waals surface area contributed by atoms with Gasteiger partial charge >= 0.3 is 0 Å². The average Bonchev–Trinajstić information content (AvgIpc) is 2.95. The lowest BCUT2D eigenvalue weighted by Gasteiger charge is -2.35. The van der Waals surface area contributed by atoms with Crippen LogP contribution in [-0.4, -0.2) is 32.5 Å². The number of hydrazine groups is 1. The largest absolute Gasteiger partial charge is 0.285 e. The van der Waals surface area contributed by atoms with Gasteiger partial charge in [-0.1, -0.05) is 0 Å². The summed E-state index contributed by atoms with van der Waals surface area (Å²) in [6, 6.07) is 0.588. The van der Waals surface area contributed by atoms with Crippen LogP contribution in [0.25, 0.3) is 0 Å². The second-order valence-electron chi connectivity index (χ2n) is 4.44. The maximum atomic E-state index is 4.39. The van der Waals surface area contributed by atoms with Crippen molar-refractivity contribution in [2.24, 2.45) is 4.99 Å². The summed E-state index contributed by atoms with van der Waals surface area (Å²) in [6.07, 6.45) is 11.8. The molecule has 1 unspecified atom stereocenters. The maximum Gasteiger partial charge on any atom is 0.145 e. The van der Waals surface area contributed by atoms with Gasteiger partial charge in [-0.15, -0.1) is 0 Å². The van der Waals surface area contributed by atoms with Crippen molar-refractivity contribution < 1.29 is 0 Å². The predicted molar refractivity (Wildman–Crippen MR) is 65.9 cm³/mol. The van der Waals surface area contributed by atoms with Gasteiger partial charge in [-0.05, 0) is 26.0 Å². The molecule has 0 bridgehead atoms. The zero-order valence-electron chi connectivity index (χ0n) is 9.91. The SMILES string of the molecule is CC(C)N1C(c2cn[nH]c2)C=C2N=CC=CN21. The highest BCUT2D eigenvalue weighted by atomic mass is 15.7. The zero-order valence-corrected chi connectivity index (χ0v) is 9.91. The molecule has 1 atom stereocenters. The lowest BCUT2D eigenvalue weighted by Crippen LogP contribution is -2.40. The highest BCUT2D eigenvalue weighted by Crippen LogP contribution is 2.36. The second kappa shape index (κ2) is 3.85. The molecule has 5 heteroatoms. The zero-order chi connectivity index (χ0) is 11.8. The van der Waals surface area contributed by atoms with Gasteiger partial charge in [0.05, 0.1) is 12.2 Å². The van der Waals surface area contributed by atoms with E-state index < -0.39 is 0 Å². The Morgan fingerprint density at radius 2 is 2.29 bits per heavy atom. The third kappa shape index (κ3) is 1.59. The van der Waals surface area contributed by atoms with Crippen LogP contribution in [0, 0.1) is 0 Å². The molecule has 88 valence electrons. The van der Waals surface area contributed by atoms with E-state index in [2.05, 4.69) is 45.1 Å². The number of hydrogen-bond acceptors (Lipinski definition) is 4. The molecule has 1 aromatic heterocycles. The molecule has 0 saturated carbocycles. The molecular weight excluding hydrogens is 214 g/mol. The van der Waals surface area contributed by atoms with Crippen LogP contribution in [0.1, 0.15) is 25.5 Å². The fraction of sp³-hybridized carbons (Fsp3) is 0.333. The topological polar surface area (TPSA) is 47.5 Å². The van der Waals surface area contributed by atoms with Crippen LogP contribution in [0.3, 0.4) is 0 Å². The normalized spacial score (nSPS) is 23.4. The Bertz CT molecular complexity index is 483. The van der Waals surface area contributed by atoms with Crippen molar-refractivity contribution in [3.63, 3.8) is 0 Å². The number of hydrogen-bond donors (Lipinski definition) is 1. The molecule has 5 nitrogen and oxygen atoms in total. The monoisotopic (exact) mass is 229 g/mol. The van der Waals surface area contributed by atoms with E-state index >= 15 is 0 Å². The maximum absolute atomic E-state index is 4.39. The summed E-state index contributed by atoms with van der Waals surface area (Å²) in [6.45, 7) is 4.35. The molecule has 2 aliphatic heterocycles. The number of nitrogens with one attached hydrogen (secondary N) is 1. The van der Waals surface area contributed by atoms with Crippen molar-refractivity contribution in [2.45, 2.75) is 25.9 Å². The van der Waals surface area contributed by atoms with Gasteiger partial charge in [0, 0.05) is 30.2 Å².